The number of benzene rings is 1. The average Bonchev–Trinajstić information content (AvgIpc) is 2.18. The quantitative estimate of drug-likeness (QED) is 0.641. The van der Waals surface area contributed by atoms with Gasteiger partial charge in [-0.05, 0) is 25.8 Å². The van der Waals surface area contributed by atoms with Gasteiger partial charge in [-0.1, -0.05) is 43.7 Å². The first-order valence-electron chi connectivity index (χ1n) is 5.36. The van der Waals surface area contributed by atoms with Crippen LogP contribution in [0.25, 0.3) is 0 Å². The maximum absolute atomic E-state index is 4.65. The van der Waals surface area contributed by atoms with Crippen LogP contribution in [0, 0.1) is 0 Å². The van der Waals surface area contributed by atoms with Gasteiger partial charge in [0.25, 0.3) is 0 Å². The van der Waals surface area contributed by atoms with Crippen molar-refractivity contribution in [1.29, 1.82) is 0 Å². The molecule has 0 aliphatic carbocycles. The number of rotatable bonds is 4. The zero-order chi connectivity index (χ0) is 10.4. The van der Waals surface area contributed by atoms with E-state index >= 15 is 0 Å². The molecule has 1 aromatic rings. The molecule has 14 heavy (non-hydrogen) atoms. The Morgan fingerprint density at radius 1 is 1.21 bits per heavy atom. The standard InChI is InChI=1S/C13H19N/c1-4-8-13(14-11(2)3)12-9-6-5-7-10-12/h5-7,9-11H,4,8H2,1-3H3. The molecule has 1 nitrogen and oxygen atoms in total. The van der Waals surface area contributed by atoms with Crippen molar-refractivity contribution in [3.63, 3.8) is 0 Å². The maximum atomic E-state index is 4.65. The monoisotopic (exact) mass is 189 g/mol. The Bertz CT molecular complexity index is 285. The van der Waals surface area contributed by atoms with Crippen LogP contribution in [0.2, 0.25) is 0 Å². The number of nitrogens with zero attached hydrogens (tertiary/aromatic N) is 1. The van der Waals surface area contributed by atoms with Gasteiger partial charge in [0.05, 0.1) is 0 Å². The highest BCUT2D eigenvalue weighted by Gasteiger charge is 2.02. The molecule has 0 unspecified atom stereocenters. The summed E-state index contributed by atoms with van der Waals surface area (Å²) < 4.78 is 0. The Labute approximate surface area is 86.9 Å². The molecule has 1 rings (SSSR count). The molecule has 0 aromatic heterocycles. The fraction of sp³-hybridized carbons (Fsp3) is 0.462. The second-order valence-electron chi connectivity index (χ2n) is 3.79. The molecule has 0 atom stereocenters. The van der Waals surface area contributed by atoms with Crippen LogP contribution in [0.5, 0.6) is 0 Å². The number of hydrogen-bond donors (Lipinski definition) is 0. The van der Waals surface area contributed by atoms with Gasteiger partial charge in [-0.2, -0.15) is 0 Å². The summed E-state index contributed by atoms with van der Waals surface area (Å²) in [5, 5.41) is 0. The first-order chi connectivity index (χ1) is 6.74. The van der Waals surface area contributed by atoms with Crippen molar-refractivity contribution >= 4 is 5.71 Å². The first kappa shape index (κ1) is 11.0. The van der Waals surface area contributed by atoms with Gasteiger partial charge in [0.1, 0.15) is 0 Å². The largest absolute Gasteiger partial charge is 0.286 e. The number of aliphatic imine (C=N–C) groups is 1. The van der Waals surface area contributed by atoms with Gasteiger partial charge >= 0.3 is 0 Å². The van der Waals surface area contributed by atoms with Crippen molar-refractivity contribution in [1.82, 2.24) is 0 Å². The van der Waals surface area contributed by atoms with Crippen LogP contribution in [0.15, 0.2) is 35.3 Å². The summed E-state index contributed by atoms with van der Waals surface area (Å²) in [5.74, 6) is 0. The highest BCUT2D eigenvalue weighted by Crippen LogP contribution is 2.08. The van der Waals surface area contributed by atoms with Crippen molar-refractivity contribution in [3.05, 3.63) is 35.9 Å². The van der Waals surface area contributed by atoms with Gasteiger partial charge in [-0.3, -0.25) is 4.99 Å². The fourth-order valence-electron chi connectivity index (χ4n) is 1.46. The average molecular weight is 189 g/mol. The summed E-state index contributed by atoms with van der Waals surface area (Å²) in [7, 11) is 0. The number of hydrogen-bond acceptors (Lipinski definition) is 1. The lowest BCUT2D eigenvalue weighted by Crippen LogP contribution is -2.04. The van der Waals surface area contributed by atoms with Gasteiger partial charge in [0.2, 0.25) is 0 Å². The summed E-state index contributed by atoms with van der Waals surface area (Å²) in [6.45, 7) is 6.44. The molecule has 1 aromatic carbocycles. The third kappa shape index (κ3) is 3.33. The van der Waals surface area contributed by atoms with E-state index in [4.69, 9.17) is 0 Å². The van der Waals surface area contributed by atoms with Crippen LogP contribution in [-0.4, -0.2) is 11.8 Å². The van der Waals surface area contributed by atoms with E-state index in [0.717, 1.165) is 12.8 Å². The molecule has 0 fully saturated rings. The molecule has 0 heterocycles. The summed E-state index contributed by atoms with van der Waals surface area (Å²) in [6, 6.07) is 10.8. The predicted molar refractivity (Wildman–Crippen MR) is 63.0 cm³/mol. The van der Waals surface area contributed by atoms with Gasteiger partial charge in [0.15, 0.2) is 0 Å². The van der Waals surface area contributed by atoms with E-state index < -0.39 is 0 Å². The normalized spacial score (nSPS) is 12.1. The zero-order valence-corrected chi connectivity index (χ0v) is 9.33. The highest BCUT2D eigenvalue weighted by atomic mass is 14.8. The molecule has 0 saturated carbocycles. The van der Waals surface area contributed by atoms with E-state index in [0.29, 0.717) is 6.04 Å². The van der Waals surface area contributed by atoms with Crippen LogP contribution in [0.1, 0.15) is 39.2 Å². The predicted octanol–water partition coefficient (Wildman–Crippen LogP) is 3.68. The Balaban J connectivity index is 2.89. The maximum Gasteiger partial charge on any atom is 0.0446 e. The SMILES string of the molecule is CCCC(=NC(C)C)c1ccccc1. The zero-order valence-electron chi connectivity index (χ0n) is 9.33. The molecule has 0 spiro atoms. The lowest BCUT2D eigenvalue weighted by molar-refractivity contribution is 0.825. The van der Waals surface area contributed by atoms with Crippen LogP contribution < -0.4 is 0 Å². The lowest BCUT2D eigenvalue weighted by Gasteiger charge is -2.07. The highest BCUT2D eigenvalue weighted by molar-refractivity contribution is 6.00. The fourth-order valence-corrected chi connectivity index (χ4v) is 1.46. The van der Waals surface area contributed by atoms with Crippen molar-refractivity contribution in [3.8, 4) is 0 Å². The Morgan fingerprint density at radius 2 is 1.86 bits per heavy atom. The molecule has 0 bridgehead atoms. The molecule has 0 aliphatic heterocycles. The second kappa shape index (κ2) is 5.58. The Kier molecular flexibility index (Phi) is 4.37. The lowest BCUT2D eigenvalue weighted by atomic mass is 10.1. The summed E-state index contributed by atoms with van der Waals surface area (Å²) in [6.07, 6.45) is 2.22. The molecule has 0 amide bonds. The van der Waals surface area contributed by atoms with Crippen LogP contribution in [0.3, 0.4) is 0 Å². The van der Waals surface area contributed by atoms with Gasteiger partial charge in [-0.25, -0.2) is 0 Å². The molecule has 0 saturated heterocycles. The Hall–Kier alpha value is -1.11. The van der Waals surface area contributed by atoms with E-state index in [1.165, 1.54) is 11.3 Å². The molecule has 0 aliphatic rings. The summed E-state index contributed by atoms with van der Waals surface area (Å²) >= 11 is 0. The van der Waals surface area contributed by atoms with Crippen LogP contribution >= 0.6 is 0 Å². The molecule has 0 N–H and O–H groups in total. The molecule has 76 valence electrons. The van der Waals surface area contributed by atoms with Crippen LogP contribution in [0.4, 0.5) is 0 Å². The van der Waals surface area contributed by atoms with Crippen molar-refractivity contribution in [2.75, 3.05) is 0 Å². The van der Waals surface area contributed by atoms with Crippen molar-refractivity contribution < 1.29 is 0 Å². The minimum Gasteiger partial charge on any atom is -0.286 e. The Morgan fingerprint density at radius 3 is 2.36 bits per heavy atom. The van der Waals surface area contributed by atoms with E-state index in [-0.39, 0.29) is 0 Å². The summed E-state index contributed by atoms with van der Waals surface area (Å²) in [4.78, 5) is 4.65. The van der Waals surface area contributed by atoms with Crippen LogP contribution in [-0.2, 0) is 0 Å². The van der Waals surface area contributed by atoms with Gasteiger partial charge < -0.3 is 0 Å². The van der Waals surface area contributed by atoms with Gasteiger partial charge in [-0.15, -0.1) is 0 Å². The third-order valence-corrected chi connectivity index (χ3v) is 2.01. The topological polar surface area (TPSA) is 12.4 Å². The first-order valence-corrected chi connectivity index (χ1v) is 5.36. The van der Waals surface area contributed by atoms with Gasteiger partial charge in [0, 0.05) is 11.8 Å². The minimum absolute atomic E-state index is 0.386. The molecule has 1 heteroatoms. The third-order valence-electron chi connectivity index (χ3n) is 2.01. The van der Waals surface area contributed by atoms with Crippen molar-refractivity contribution in [2.24, 2.45) is 4.99 Å². The van der Waals surface area contributed by atoms with E-state index in [1.54, 1.807) is 0 Å². The molecule has 0 radical (unpaired) electrons. The van der Waals surface area contributed by atoms with Crippen molar-refractivity contribution in [2.45, 2.75) is 39.7 Å². The molecular weight excluding hydrogens is 170 g/mol. The van der Waals surface area contributed by atoms with E-state index in [2.05, 4.69) is 50.0 Å². The van der Waals surface area contributed by atoms with E-state index in [9.17, 15) is 0 Å². The summed E-state index contributed by atoms with van der Waals surface area (Å²) in [5.41, 5.74) is 2.51. The van der Waals surface area contributed by atoms with E-state index in [1.807, 2.05) is 6.07 Å². The second-order valence-corrected chi connectivity index (χ2v) is 3.79. The minimum atomic E-state index is 0.386. The smallest absolute Gasteiger partial charge is 0.0446 e. The molecular formula is C13H19N.